The highest BCUT2D eigenvalue weighted by molar-refractivity contribution is 7.10. The van der Waals surface area contributed by atoms with Gasteiger partial charge in [0.1, 0.15) is 0 Å². The lowest BCUT2D eigenvalue weighted by Gasteiger charge is -2.21. The molecule has 0 radical (unpaired) electrons. The van der Waals surface area contributed by atoms with Crippen LogP contribution in [0.15, 0.2) is 35.7 Å². The normalized spacial score (nSPS) is 14.8. The number of nitrogens with zero attached hydrogens (tertiary/aromatic N) is 2. The predicted molar refractivity (Wildman–Crippen MR) is 81.9 cm³/mol. The fraction of sp³-hybridized carbons (Fsp3) is 0.267. The summed E-state index contributed by atoms with van der Waals surface area (Å²) in [5.41, 5.74) is 1.44. The van der Waals surface area contributed by atoms with Gasteiger partial charge in [0, 0.05) is 17.5 Å². The van der Waals surface area contributed by atoms with E-state index in [0.29, 0.717) is 24.2 Å². The summed E-state index contributed by atoms with van der Waals surface area (Å²) in [6.45, 7) is 2.39. The summed E-state index contributed by atoms with van der Waals surface area (Å²) >= 11 is 1.55. The number of carbonyl (C=O) groups excluding carboxylic acids is 1. The first kappa shape index (κ1) is 13.8. The number of rotatable bonds is 3. The SMILES string of the molecule is C[C@@H](C(=O)N1CCc2c1cccc2[N+](=O)[O-])c1cccs1. The number of amides is 1. The van der Waals surface area contributed by atoms with Crippen molar-refractivity contribution in [1.29, 1.82) is 0 Å². The first-order chi connectivity index (χ1) is 10.1. The number of hydrogen-bond acceptors (Lipinski definition) is 4. The number of hydrogen-bond donors (Lipinski definition) is 0. The number of thiophene rings is 1. The molecule has 1 amide bonds. The number of anilines is 1. The Balaban J connectivity index is 1.93. The zero-order chi connectivity index (χ0) is 15.0. The molecule has 0 spiro atoms. The highest BCUT2D eigenvalue weighted by atomic mass is 32.1. The van der Waals surface area contributed by atoms with Crippen molar-refractivity contribution in [3.8, 4) is 0 Å². The average molecular weight is 302 g/mol. The van der Waals surface area contributed by atoms with Gasteiger partial charge < -0.3 is 4.90 Å². The minimum atomic E-state index is -0.379. The van der Waals surface area contributed by atoms with E-state index in [2.05, 4.69) is 0 Å². The van der Waals surface area contributed by atoms with Gasteiger partial charge in [0.15, 0.2) is 0 Å². The Kier molecular flexibility index (Phi) is 3.47. The molecular weight excluding hydrogens is 288 g/mol. The summed E-state index contributed by atoms with van der Waals surface area (Å²) in [7, 11) is 0. The molecule has 1 aliphatic rings. The van der Waals surface area contributed by atoms with Crippen LogP contribution >= 0.6 is 11.3 Å². The predicted octanol–water partition coefficient (Wildman–Crippen LogP) is 3.35. The Morgan fingerprint density at radius 1 is 1.38 bits per heavy atom. The van der Waals surface area contributed by atoms with E-state index in [9.17, 15) is 14.9 Å². The van der Waals surface area contributed by atoms with E-state index in [0.717, 1.165) is 4.88 Å². The molecule has 0 saturated carbocycles. The summed E-state index contributed by atoms with van der Waals surface area (Å²) in [5.74, 6) is -0.230. The van der Waals surface area contributed by atoms with Crippen LogP contribution in [0.2, 0.25) is 0 Å². The molecule has 21 heavy (non-hydrogen) atoms. The molecule has 0 fully saturated rings. The van der Waals surface area contributed by atoms with Gasteiger partial charge in [-0.1, -0.05) is 12.1 Å². The van der Waals surface area contributed by atoms with Crippen molar-refractivity contribution in [3.63, 3.8) is 0 Å². The summed E-state index contributed by atoms with van der Waals surface area (Å²) in [5, 5.41) is 13.0. The van der Waals surface area contributed by atoms with Gasteiger partial charge in [-0.3, -0.25) is 14.9 Å². The molecule has 0 bridgehead atoms. The smallest absolute Gasteiger partial charge is 0.274 e. The number of fused-ring (bicyclic) bond motifs is 1. The van der Waals surface area contributed by atoms with Gasteiger partial charge in [0.25, 0.3) is 5.69 Å². The monoisotopic (exact) mass is 302 g/mol. The fourth-order valence-electron chi connectivity index (χ4n) is 2.71. The van der Waals surface area contributed by atoms with E-state index < -0.39 is 0 Å². The third-order valence-electron chi connectivity index (χ3n) is 3.81. The first-order valence-electron chi connectivity index (χ1n) is 6.70. The van der Waals surface area contributed by atoms with Gasteiger partial charge in [-0.15, -0.1) is 11.3 Å². The van der Waals surface area contributed by atoms with Crippen molar-refractivity contribution in [3.05, 3.63) is 56.3 Å². The van der Waals surface area contributed by atoms with Crippen LogP contribution in [0.5, 0.6) is 0 Å². The molecule has 5 nitrogen and oxygen atoms in total. The van der Waals surface area contributed by atoms with E-state index in [-0.39, 0.29) is 22.4 Å². The van der Waals surface area contributed by atoms with Crippen LogP contribution in [0.25, 0.3) is 0 Å². The zero-order valence-corrected chi connectivity index (χ0v) is 12.3. The molecule has 108 valence electrons. The van der Waals surface area contributed by atoms with Gasteiger partial charge in [-0.2, -0.15) is 0 Å². The maximum absolute atomic E-state index is 12.7. The van der Waals surface area contributed by atoms with Crippen molar-refractivity contribution in [2.45, 2.75) is 19.3 Å². The minimum Gasteiger partial charge on any atom is -0.311 e. The van der Waals surface area contributed by atoms with E-state index in [4.69, 9.17) is 0 Å². The summed E-state index contributed by atoms with van der Waals surface area (Å²) in [6.07, 6.45) is 0.537. The highest BCUT2D eigenvalue weighted by Gasteiger charge is 2.32. The van der Waals surface area contributed by atoms with E-state index in [1.165, 1.54) is 6.07 Å². The van der Waals surface area contributed by atoms with Crippen LogP contribution in [-0.4, -0.2) is 17.4 Å². The van der Waals surface area contributed by atoms with Crippen LogP contribution in [0.1, 0.15) is 23.3 Å². The first-order valence-corrected chi connectivity index (χ1v) is 7.58. The van der Waals surface area contributed by atoms with Crippen molar-refractivity contribution in [1.82, 2.24) is 0 Å². The summed E-state index contributed by atoms with van der Waals surface area (Å²) in [6, 6.07) is 8.78. The third kappa shape index (κ3) is 2.31. The molecule has 1 aromatic heterocycles. The molecule has 2 aromatic rings. The van der Waals surface area contributed by atoms with E-state index in [1.807, 2.05) is 24.4 Å². The van der Waals surface area contributed by atoms with Gasteiger partial charge in [-0.05, 0) is 30.9 Å². The van der Waals surface area contributed by atoms with Crippen molar-refractivity contribution in [2.24, 2.45) is 0 Å². The lowest BCUT2D eigenvalue weighted by atomic mass is 10.1. The molecule has 0 unspecified atom stereocenters. The Morgan fingerprint density at radius 2 is 2.19 bits per heavy atom. The van der Waals surface area contributed by atoms with Gasteiger partial charge in [0.2, 0.25) is 5.91 Å². The number of nitro groups is 1. The topological polar surface area (TPSA) is 63.5 Å². The van der Waals surface area contributed by atoms with Crippen LogP contribution in [0, 0.1) is 10.1 Å². The Bertz CT molecular complexity index is 697. The van der Waals surface area contributed by atoms with Crippen molar-refractivity contribution >= 4 is 28.6 Å². The van der Waals surface area contributed by atoms with E-state index in [1.54, 1.807) is 28.4 Å². The maximum atomic E-state index is 12.7. The Hall–Kier alpha value is -2.21. The van der Waals surface area contributed by atoms with E-state index >= 15 is 0 Å². The quantitative estimate of drug-likeness (QED) is 0.645. The zero-order valence-electron chi connectivity index (χ0n) is 11.5. The fourth-order valence-corrected chi connectivity index (χ4v) is 3.49. The molecule has 0 N–H and O–H groups in total. The largest absolute Gasteiger partial charge is 0.311 e. The highest BCUT2D eigenvalue weighted by Crippen LogP contribution is 2.36. The van der Waals surface area contributed by atoms with Crippen LogP contribution < -0.4 is 4.90 Å². The Morgan fingerprint density at radius 3 is 2.86 bits per heavy atom. The molecular formula is C15H14N2O3S. The van der Waals surface area contributed by atoms with Gasteiger partial charge in [0.05, 0.1) is 22.1 Å². The number of carbonyl (C=O) groups is 1. The lowest BCUT2D eigenvalue weighted by Crippen LogP contribution is -2.32. The van der Waals surface area contributed by atoms with Gasteiger partial charge >= 0.3 is 0 Å². The van der Waals surface area contributed by atoms with Crippen molar-refractivity contribution in [2.75, 3.05) is 11.4 Å². The summed E-state index contributed by atoms with van der Waals surface area (Å²) < 4.78 is 0. The molecule has 3 rings (SSSR count). The Labute approximate surface area is 126 Å². The molecule has 0 saturated heterocycles. The molecule has 1 atom stereocenters. The lowest BCUT2D eigenvalue weighted by molar-refractivity contribution is -0.385. The average Bonchev–Trinajstić information content (AvgIpc) is 3.14. The molecule has 1 aliphatic heterocycles. The third-order valence-corrected chi connectivity index (χ3v) is 4.86. The molecule has 6 heteroatoms. The number of nitro benzene ring substituents is 1. The maximum Gasteiger partial charge on any atom is 0.274 e. The minimum absolute atomic E-state index is 0.00306. The van der Waals surface area contributed by atoms with Crippen LogP contribution in [0.3, 0.4) is 0 Å². The van der Waals surface area contributed by atoms with Crippen molar-refractivity contribution < 1.29 is 9.72 Å². The van der Waals surface area contributed by atoms with Crippen LogP contribution in [0.4, 0.5) is 11.4 Å². The van der Waals surface area contributed by atoms with Crippen LogP contribution in [-0.2, 0) is 11.2 Å². The molecule has 2 heterocycles. The second kappa shape index (κ2) is 5.29. The second-order valence-electron chi connectivity index (χ2n) is 5.01. The molecule has 0 aliphatic carbocycles. The second-order valence-corrected chi connectivity index (χ2v) is 5.99. The van der Waals surface area contributed by atoms with Gasteiger partial charge in [-0.25, -0.2) is 0 Å². The number of benzene rings is 1. The molecule has 1 aromatic carbocycles. The standard InChI is InChI=1S/C15H14N2O3S/c1-10(14-6-3-9-21-14)15(18)16-8-7-11-12(16)4-2-5-13(11)17(19)20/h2-6,9-10H,7-8H2,1H3/t10-/m1/s1. The summed E-state index contributed by atoms with van der Waals surface area (Å²) in [4.78, 5) is 26.0.